The number of aryl methyl sites for hydroxylation is 2. The van der Waals surface area contributed by atoms with Crippen molar-refractivity contribution in [1.29, 1.82) is 0 Å². The van der Waals surface area contributed by atoms with Crippen LogP contribution in [0.1, 0.15) is 36.2 Å². The van der Waals surface area contributed by atoms with Crippen LogP contribution in [0.4, 0.5) is 5.69 Å². The van der Waals surface area contributed by atoms with Crippen LogP contribution in [0.2, 0.25) is 0 Å². The van der Waals surface area contributed by atoms with Crippen molar-refractivity contribution in [3.05, 3.63) is 65.5 Å². The summed E-state index contributed by atoms with van der Waals surface area (Å²) >= 11 is 0. The highest BCUT2D eigenvalue weighted by molar-refractivity contribution is 5.95. The number of fused-ring (bicyclic) bond motifs is 3. The molecule has 0 bridgehead atoms. The van der Waals surface area contributed by atoms with Crippen LogP contribution in [0.5, 0.6) is 5.75 Å². The quantitative estimate of drug-likeness (QED) is 0.352. The van der Waals surface area contributed by atoms with Crippen LogP contribution in [0.25, 0.3) is 16.6 Å². The van der Waals surface area contributed by atoms with E-state index in [9.17, 15) is 9.59 Å². The Bertz CT molecular complexity index is 1340. The Labute approximate surface area is 185 Å². The van der Waals surface area contributed by atoms with Gasteiger partial charge in [0, 0.05) is 35.4 Å². The summed E-state index contributed by atoms with van der Waals surface area (Å²) in [7, 11) is 0. The number of anilines is 1. The molecule has 0 spiro atoms. The first-order chi connectivity index (χ1) is 15.5. The Morgan fingerprint density at radius 2 is 1.88 bits per heavy atom. The number of benzene rings is 2. The zero-order chi connectivity index (χ0) is 22.2. The van der Waals surface area contributed by atoms with E-state index >= 15 is 0 Å². The predicted octanol–water partition coefficient (Wildman–Crippen LogP) is 4.16. The fourth-order valence-electron chi connectivity index (χ4n) is 4.36. The second kappa shape index (κ2) is 8.07. The molecule has 0 aliphatic carbocycles. The first kappa shape index (κ1) is 20.2. The summed E-state index contributed by atoms with van der Waals surface area (Å²) in [5.74, 6) is 0.307. The molecule has 162 valence electrons. The number of carbonyl (C=O) groups is 2. The molecule has 1 aliphatic heterocycles. The number of nitrogens with zero attached hydrogens (tertiary/aromatic N) is 4. The molecule has 3 heterocycles. The number of amides is 1. The smallest absolute Gasteiger partial charge is 0.311 e. The fourth-order valence-corrected chi connectivity index (χ4v) is 4.36. The van der Waals surface area contributed by atoms with Crippen molar-refractivity contribution in [2.75, 3.05) is 11.4 Å². The van der Waals surface area contributed by atoms with Crippen molar-refractivity contribution in [3.8, 4) is 5.75 Å². The molecule has 5 rings (SSSR count). The van der Waals surface area contributed by atoms with Gasteiger partial charge in [0.15, 0.2) is 5.65 Å². The highest BCUT2D eigenvalue weighted by atomic mass is 16.5. The summed E-state index contributed by atoms with van der Waals surface area (Å²) in [6.07, 6.45) is 2.23. The van der Waals surface area contributed by atoms with Gasteiger partial charge >= 0.3 is 5.97 Å². The number of ether oxygens (including phenoxy) is 1. The van der Waals surface area contributed by atoms with Crippen LogP contribution in [0.15, 0.2) is 48.5 Å². The van der Waals surface area contributed by atoms with E-state index in [2.05, 4.69) is 5.10 Å². The molecule has 0 radical (unpaired) electrons. The van der Waals surface area contributed by atoms with E-state index < -0.39 is 0 Å². The molecule has 0 atom stereocenters. The van der Waals surface area contributed by atoms with Crippen molar-refractivity contribution in [3.63, 3.8) is 0 Å². The number of esters is 1. The largest absolute Gasteiger partial charge is 0.427 e. The molecule has 1 aliphatic rings. The lowest BCUT2D eigenvalue weighted by atomic mass is 10.1. The number of carbonyl (C=O) groups excluding carboxylic acids is 2. The van der Waals surface area contributed by atoms with E-state index in [4.69, 9.17) is 9.72 Å². The Morgan fingerprint density at radius 3 is 2.62 bits per heavy atom. The lowest BCUT2D eigenvalue weighted by molar-refractivity contribution is -0.134. The Kier molecular flexibility index (Phi) is 5.09. The Morgan fingerprint density at radius 1 is 1.09 bits per heavy atom. The van der Waals surface area contributed by atoms with Crippen molar-refractivity contribution in [2.24, 2.45) is 0 Å². The van der Waals surface area contributed by atoms with Gasteiger partial charge in [-0.25, -0.2) is 9.50 Å². The normalized spacial score (nSPS) is 13.9. The Hall–Kier alpha value is -3.74. The van der Waals surface area contributed by atoms with Gasteiger partial charge in [0.1, 0.15) is 5.75 Å². The van der Waals surface area contributed by atoms with Crippen molar-refractivity contribution in [1.82, 2.24) is 14.6 Å². The predicted molar refractivity (Wildman–Crippen MR) is 122 cm³/mol. The third kappa shape index (κ3) is 3.60. The molecule has 1 fully saturated rings. The van der Waals surface area contributed by atoms with Crippen LogP contribution in [-0.4, -0.2) is 33.0 Å². The van der Waals surface area contributed by atoms with Gasteiger partial charge in [0.2, 0.25) is 5.91 Å². The number of hydrogen-bond acceptors (Lipinski definition) is 5. The summed E-state index contributed by atoms with van der Waals surface area (Å²) < 4.78 is 7.37. The zero-order valence-electron chi connectivity index (χ0n) is 18.2. The lowest BCUT2D eigenvalue weighted by Crippen LogP contribution is -2.23. The second-order valence-corrected chi connectivity index (χ2v) is 8.13. The zero-order valence-corrected chi connectivity index (χ0v) is 18.2. The topological polar surface area (TPSA) is 76.8 Å². The summed E-state index contributed by atoms with van der Waals surface area (Å²) in [5, 5.41) is 5.68. The Balaban J connectivity index is 1.28. The van der Waals surface area contributed by atoms with Gasteiger partial charge in [-0.05, 0) is 68.7 Å². The van der Waals surface area contributed by atoms with E-state index in [1.165, 1.54) is 0 Å². The van der Waals surface area contributed by atoms with Crippen molar-refractivity contribution >= 4 is 34.1 Å². The minimum Gasteiger partial charge on any atom is -0.427 e. The van der Waals surface area contributed by atoms with Gasteiger partial charge in [0.05, 0.1) is 11.9 Å². The average molecular weight is 428 g/mol. The van der Waals surface area contributed by atoms with Gasteiger partial charge in [0.25, 0.3) is 0 Å². The number of hydrogen-bond donors (Lipinski definition) is 0. The van der Waals surface area contributed by atoms with E-state index in [1.54, 1.807) is 17.0 Å². The van der Waals surface area contributed by atoms with E-state index in [0.29, 0.717) is 18.6 Å². The summed E-state index contributed by atoms with van der Waals surface area (Å²) in [6, 6.07) is 15.0. The molecule has 7 heteroatoms. The third-order valence-corrected chi connectivity index (χ3v) is 6.05. The van der Waals surface area contributed by atoms with Crippen LogP contribution < -0.4 is 9.64 Å². The minimum atomic E-state index is -0.306. The molecule has 0 unspecified atom stereocenters. The molecule has 2 aromatic carbocycles. The minimum absolute atomic E-state index is 0.135. The maximum absolute atomic E-state index is 12.5. The average Bonchev–Trinajstić information content (AvgIpc) is 3.38. The van der Waals surface area contributed by atoms with Gasteiger partial charge in [-0.15, -0.1) is 0 Å². The first-order valence-electron chi connectivity index (χ1n) is 10.9. The molecule has 4 aromatic rings. The van der Waals surface area contributed by atoms with Crippen LogP contribution in [-0.2, 0) is 16.0 Å². The molecule has 0 saturated carbocycles. The maximum Gasteiger partial charge on any atom is 0.311 e. The first-order valence-corrected chi connectivity index (χ1v) is 10.9. The van der Waals surface area contributed by atoms with E-state index in [-0.39, 0.29) is 18.3 Å². The highest BCUT2D eigenvalue weighted by Crippen LogP contribution is 2.25. The number of aromatic nitrogens is 3. The second-order valence-electron chi connectivity index (χ2n) is 8.13. The van der Waals surface area contributed by atoms with Crippen LogP contribution in [0.3, 0.4) is 0 Å². The van der Waals surface area contributed by atoms with E-state index in [1.807, 2.05) is 54.8 Å². The molecular weight excluding hydrogens is 404 g/mol. The standard InChI is InChI=1S/C25H24N4O3/c1-16-20(17(2)29-25(26-16)21-6-3-4-7-22(21)27-29)13-14-24(31)32-19-11-9-18(10-12-19)28-15-5-8-23(28)30/h3-4,6-7,9-12H,5,8,13-15H2,1-2H3. The molecule has 0 N–H and O–H groups in total. The maximum atomic E-state index is 12.5. The van der Waals surface area contributed by atoms with Crippen LogP contribution in [0, 0.1) is 13.8 Å². The van der Waals surface area contributed by atoms with Gasteiger partial charge in [-0.3, -0.25) is 9.59 Å². The SMILES string of the molecule is Cc1nc2c3ccccc3nn2c(C)c1CCC(=O)Oc1ccc(N2CCCC2=O)cc1. The molecule has 1 amide bonds. The van der Waals surface area contributed by atoms with Crippen molar-refractivity contribution < 1.29 is 14.3 Å². The molecule has 7 nitrogen and oxygen atoms in total. The van der Waals surface area contributed by atoms with Crippen LogP contribution >= 0.6 is 0 Å². The highest BCUT2D eigenvalue weighted by Gasteiger charge is 2.21. The molecule has 2 aromatic heterocycles. The van der Waals surface area contributed by atoms with Gasteiger partial charge in [-0.1, -0.05) is 12.1 Å². The van der Waals surface area contributed by atoms with E-state index in [0.717, 1.165) is 52.2 Å². The monoisotopic (exact) mass is 428 g/mol. The van der Waals surface area contributed by atoms with Gasteiger partial charge in [-0.2, -0.15) is 5.10 Å². The number of rotatable bonds is 5. The molecule has 1 saturated heterocycles. The molecular formula is C25H24N4O3. The summed E-state index contributed by atoms with van der Waals surface area (Å²) in [4.78, 5) is 30.9. The summed E-state index contributed by atoms with van der Waals surface area (Å²) in [6.45, 7) is 4.71. The lowest BCUT2D eigenvalue weighted by Gasteiger charge is -2.16. The van der Waals surface area contributed by atoms with Crippen molar-refractivity contribution in [2.45, 2.75) is 39.5 Å². The van der Waals surface area contributed by atoms with Gasteiger partial charge < -0.3 is 9.64 Å². The summed E-state index contributed by atoms with van der Waals surface area (Å²) in [5.41, 5.74) is 5.45. The third-order valence-electron chi connectivity index (χ3n) is 6.05. The molecule has 32 heavy (non-hydrogen) atoms. The fraction of sp³-hybridized carbons (Fsp3) is 0.280.